The molecule has 2 aromatic carbocycles. The van der Waals surface area contributed by atoms with E-state index in [2.05, 4.69) is 10.6 Å². The van der Waals surface area contributed by atoms with Crippen molar-refractivity contribution >= 4 is 12.2 Å². The minimum atomic E-state index is -3.18. The van der Waals surface area contributed by atoms with E-state index < -0.39 is 30.2 Å². The number of rotatable bonds is 6. The predicted molar refractivity (Wildman–Crippen MR) is 106 cm³/mol. The summed E-state index contributed by atoms with van der Waals surface area (Å²) in [7, 11) is 0. The van der Waals surface area contributed by atoms with Crippen molar-refractivity contribution in [2.45, 2.75) is 50.5 Å². The van der Waals surface area contributed by atoms with Gasteiger partial charge in [-0.2, -0.15) is 0 Å². The molecule has 2 atom stereocenters. The molecule has 1 aliphatic rings. The van der Waals surface area contributed by atoms with Crippen LogP contribution in [0.3, 0.4) is 0 Å². The van der Waals surface area contributed by atoms with E-state index in [1.165, 1.54) is 0 Å². The summed E-state index contributed by atoms with van der Waals surface area (Å²) in [5, 5.41) is 4.69. The number of carbonyl (C=O) groups excluding carboxylic acids is 2. The lowest BCUT2D eigenvalue weighted by Crippen LogP contribution is -2.62. The van der Waals surface area contributed by atoms with E-state index in [0.717, 1.165) is 11.1 Å². The molecule has 0 spiro atoms. The van der Waals surface area contributed by atoms with Gasteiger partial charge in [0.15, 0.2) is 0 Å². The fraction of sp³-hybridized carbons (Fsp3) is 0.364. The minimum absolute atomic E-state index is 0.0208. The monoisotopic (exact) mass is 418 g/mol. The summed E-state index contributed by atoms with van der Waals surface area (Å²) in [6.07, 6.45) is -1.65. The molecule has 30 heavy (non-hydrogen) atoms. The first-order valence-corrected chi connectivity index (χ1v) is 9.76. The van der Waals surface area contributed by atoms with Crippen molar-refractivity contribution in [1.29, 1.82) is 0 Å². The fourth-order valence-corrected chi connectivity index (χ4v) is 3.34. The molecule has 0 aliphatic heterocycles. The summed E-state index contributed by atoms with van der Waals surface area (Å²) < 4.78 is 39.1. The zero-order valence-corrected chi connectivity index (χ0v) is 16.4. The van der Waals surface area contributed by atoms with Crippen molar-refractivity contribution in [3.05, 3.63) is 71.8 Å². The van der Waals surface area contributed by atoms with Gasteiger partial charge in [-0.05, 0) is 24.0 Å². The Bertz CT molecular complexity index is 834. The average Bonchev–Trinajstić information content (AvgIpc) is 2.74. The lowest BCUT2D eigenvalue weighted by atomic mass is 9.87. The topological polar surface area (TPSA) is 76.7 Å². The number of carbonyl (C=O) groups is 2. The third-order valence-corrected chi connectivity index (χ3v) is 4.88. The molecule has 0 aromatic heterocycles. The van der Waals surface area contributed by atoms with Crippen molar-refractivity contribution < 1.29 is 27.8 Å². The number of hydrogen-bond donors (Lipinski definition) is 2. The molecule has 1 saturated carbocycles. The molecule has 6 nitrogen and oxygen atoms in total. The lowest BCUT2D eigenvalue weighted by molar-refractivity contribution is -0.0732. The SMILES string of the molecule is O=C(NC1CCCC(F)(F)[C@@H]1NC(=O)OCc1ccccc1)OCc1ccccc1. The molecule has 2 N–H and O–H groups in total. The van der Waals surface area contributed by atoms with Crippen LogP contribution < -0.4 is 10.6 Å². The van der Waals surface area contributed by atoms with Gasteiger partial charge in [-0.1, -0.05) is 60.7 Å². The van der Waals surface area contributed by atoms with Crippen molar-refractivity contribution in [2.24, 2.45) is 0 Å². The van der Waals surface area contributed by atoms with Gasteiger partial charge < -0.3 is 20.1 Å². The van der Waals surface area contributed by atoms with Crippen molar-refractivity contribution in [3.8, 4) is 0 Å². The van der Waals surface area contributed by atoms with Gasteiger partial charge in [0.2, 0.25) is 0 Å². The van der Waals surface area contributed by atoms with Gasteiger partial charge >= 0.3 is 12.2 Å². The largest absolute Gasteiger partial charge is 0.445 e. The number of hydrogen-bond acceptors (Lipinski definition) is 4. The predicted octanol–water partition coefficient (Wildman–Crippen LogP) is 4.40. The molecule has 0 heterocycles. The average molecular weight is 418 g/mol. The summed E-state index contributed by atoms with van der Waals surface area (Å²) in [6, 6.07) is 15.4. The summed E-state index contributed by atoms with van der Waals surface area (Å²) in [5.74, 6) is -3.18. The third-order valence-electron chi connectivity index (χ3n) is 4.88. The number of amides is 2. The first kappa shape index (κ1) is 21.5. The number of alkyl halides is 2. The first-order valence-electron chi connectivity index (χ1n) is 9.76. The highest BCUT2D eigenvalue weighted by Crippen LogP contribution is 2.34. The van der Waals surface area contributed by atoms with Crippen LogP contribution in [0, 0.1) is 0 Å². The molecule has 0 saturated heterocycles. The zero-order valence-electron chi connectivity index (χ0n) is 16.4. The highest BCUT2D eigenvalue weighted by molar-refractivity contribution is 5.69. The normalized spacial score (nSPS) is 20.1. The van der Waals surface area contributed by atoms with E-state index in [4.69, 9.17) is 9.47 Å². The summed E-state index contributed by atoms with van der Waals surface area (Å²) in [4.78, 5) is 24.2. The van der Waals surface area contributed by atoms with Gasteiger partial charge in [-0.15, -0.1) is 0 Å². The maximum atomic E-state index is 14.5. The maximum absolute atomic E-state index is 14.5. The van der Waals surface area contributed by atoms with Crippen LogP contribution in [0.1, 0.15) is 30.4 Å². The Labute approximate surface area is 173 Å². The summed E-state index contributed by atoms with van der Waals surface area (Å²) in [5.41, 5.74) is 1.52. The third kappa shape index (κ3) is 6.17. The van der Waals surface area contributed by atoms with Crippen LogP contribution in [0.5, 0.6) is 0 Å². The molecule has 8 heteroatoms. The van der Waals surface area contributed by atoms with Crippen molar-refractivity contribution in [1.82, 2.24) is 10.6 Å². The van der Waals surface area contributed by atoms with Crippen LogP contribution in [-0.4, -0.2) is 30.2 Å². The van der Waals surface area contributed by atoms with E-state index in [9.17, 15) is 18.4 Å². The van der Waals surface area contributed by atoms with Gasteiger partial charge in [0.1, 0.15) is 19.3 Å². The highest BCUT2D eigenvalue weighted by atomic mass is 19.3. The molecule has 3 rings (SSSR count). The van der Waals surface area contributed by atoms with Gasteiger partial charge in [0, 0.05) is 6.42 Å². The summed E-state index contributed by atoms with van der Waals surface area (Å²) in [6.45, 7) is -0.0187. The molecule has 1 aliphatic carbocycles. The van der Waals surface area contributed by atoms with Crippen molar-refractivity contribution in [2.75, 3.05) is 0 Å². The number of nitrogens with one attached hydrogen (secondary N) is 2. The zero-order chi connectivity index (χ0) is 21.4. The Morgan fingerprint density at radius 1 is 0.867 bits per heavy atom. The second-order valence-corrected chi connectivity index (χ2v) is 7.15. The number of halogens is 2. The molecule has 0 bridgehead atoms. The second kappa shape index (κ2) is 10.0. The van der Waals surface area contributed by atoms with Crippen LogP contribution >= 0.6 is 0 Å². The van der Waals surface area contributed by atoms with E-state index in [0.29, 0.717) is 6.42 Å². The first-order chi connectivity index (χ1) is 14.4. The molecular weight excluding hydrogens is 394 g/mol. The Morgan fingerprint density at radius 2 is 1.37 bits per heavy atom. The van der Waals surface area contributed by atoms with E-state index in [-0.39, 0.29) is 26.1 Å². The van der Waals surface area contributed by atoms with Crippen molar-refractivity contribution in [3.63, 3.8) is 0 Å². The number of benzene rings is 2. The summed E-state index contributed by atoms with van der Waals surface area (Å²) >= 11 is 0. The molecular formula is C22H24F2N2O4. The Hall–Kier alpha value is -3.16. The van der Waals surface area contributed by atoms with Crippen LogP contribution in [0.15, 0.2) is 60.7 Å². The van der Waals surface area contributed by atoms with Gasteiger partial charge in [-0.3, -0.25) is 0 Å². The standard InChI is InChI=1S/C22H24F2N2O4/c23-22(24)13-7-12-18(25-20(27)29-14-16-8-3-1-4-9-16)19(22)26-21(28)30-15-17-10-5-2-6-11-17/h1-6,8-11,18-19H,7,12-15H2,(H,25,27)(H,26,28)/t18?,19-/m1/s1. The van der Waals surface area contributed by atoms with Gasteiger partial charge in [0.25, 0.3) is 5.92 Å². The number of ether oxygens (including phenoxy) is 2. The molecule has 2 amide bonds. The Kier molecular flexibility index (Phi) is 7.21. The Balaban J connectivity index is 1.55. The minimum Gasteiger partial charge on any atom is -0.445 e. The molecule has 0 radical (unpaired) electrons. The lowest BCUT2D eigenvalue weighted by Gasteiger charge is -2.38. The van der Waals surface area contributed by atoms with Gasteiger partial charge in [0.05, 0.1) is 6.04 Å². The Morgan fingerprint density at radius 3 is 1.90 bits per heavy atom. The smallest absolute Gasteiger partial charge is 0.407 e. The van der Waals surface area contributed by atoms with Crippen LogP contribution in [0.4, 0.5) is 18.4 Å². The molecule has 1 unspecified atom stereocenters. The van der Waals surface area contributed by atoms with E-state index >= 15 is 0 Å². The maximum Gasteiger partial charge on any atom is 0.407 e. The molecule has 1 fully saturated rings. The van der Waals surface area contributed by atoms with E-state index in [1.54, 1.807) is 48.5 Å². The van der Waals surface area contributed by atoms with Crippen LogP contribution in [0.2, 0.25) is 0 Å². The van der Waals surface area contributed by atoms with Gasteiger partial charge in [-0.25, -0.2) is 18.4 Å². The molecule has 2 aromatic rings. The van der Waals surface area contributed by atoms with Crippen LogP contribution in [-0.2, 0) is 22.7 Å². The fourth-order valence-electron chi connectivity index (χ4n) is 3.34. The number of alkyl carbamates (subject to hydrolysis) is 2. The van der Waals surface area contributed by atoms with E-state index in [1.807, 2.05) is 12.1 Å². The quantitative estimate of drug-likeness (QED) is 0.729. The molecule has 160 valence electrons. The second-order valence-electron chi connectivity index (χ2n) is 7.15. The highest BCUT2D eigenvalue weighted by Gasteiger charge is 2.48. The van der Waals surface area contributed by atoms with Crippen LogP contribution in [0.25, 0.3) is 0 Å².